The van der Waals surface area contributed by atoms with E-state index in [2.05, 4.69) is 26.5 Å². The molecule has 0 aliphatic carbocycles. The van der Waals surface area contributed by atoms with Crippen molar-refractivity contribution in [1.29, 1.82) is 0 Å². The minimum atomic E-state index is 0.560. The summed E-state index contributed by atoms with van der Waals surface area (Å²) in [4.78, 5) is 0. The molecule has 0 spiro atoms. The van der Waals surface area contributed by atoms with Crippen LogP contribution in [-0.4, -0.2) is 16.8 Å². The maximum Gasteiger partial charge on any atom is 0.00791 e. The van der Waals surface area contributed by atoms with Crippen molar-refractivity contribution in [3.05, 3.63) is 0 Å². The maximum absolute atomic E-state index is 4.21. The van der Waals surface area contributed by atoms with Gasteiger partial charge in [0.05, 0.1) is 0 Å². The second-order valence-electron chi connectivity index (χ2n) is 1.51. The molecule has 0 aliphatic heterocycles. The number of hydrogen-bond acceptors (Lipinski definition) is 2. The molecule has 1 atom stereocenters. The summed E-state index contributed by atoms with van der Waals surface area (Å²) in [5, 5.41) is 0.560. The zero-order valence-electron chi connectivity index (χ0n) is 4.85. The Bertz CT molecular complexity index is 35.1. The van der Waals surface area contributed by atoms with Crippen LogP contribution in [0.3, 0.4) is 0 Å². The Morgan fingerprint density at radius 2 is 2.29 bits per heavy atom. The van der Waals surface area contributed by atoms with Gasteiger partial charge in [0, 0.05) is 11.0 Å². The molecule has 1 unspecified atom stereocenters. The molecular formula is C5H12S2. The summed E-state index contributed by atoms with van der Waals surface area (Å²) in [7, 11) is 0. The zero-order valence-corrected chi connectivity index (χ0v) is 6.56. The van der Waals surface area contributed by atoms with Gasteiger partial charge in [-0.3, -0.25) is 0 Å². The van der Waals surface area contributed by atoms with Crippen LogP contribution in [0.2, 0.25) is 0 Å². The first-order valence-corrected chi connectivity index (χ1v) is 4.20. The fraction of sp³-hybridized carbons (Fsp3) is 1.00. The predicted octanol–water partition coefficient (Wildman–Crippen LogP) is 2.06. The standard InChI is InChI=1S/C5H12S2/c1-3-7-4-5(2)6/h5-6H,3-4H2,1-2H3. The lowest BCUT2D eigenvalue weighted by Crippen LogP contribution is -1.93. The van der Waals surface area contributed by atoms with Crippen molar-refractivity contribution in [1.82, 2.24) is 0 Å². The van der Waals surface area contributed by atoms with Gasteiger partial charge < -0.3 is 0 Å². The highest BCUT2D eigenvalue weighted by atomic mass is 32.2. The van der Waals surface area contributed by atoms with Crippen molar-refractivity contribution in [2.24, 2.45) is 0 Å². The van der Waals surface area contributed by atoms with Crippen LogP contribution in [0.5, 0.6) is 0 Å². The van der Waals surface area contributed by atoms with Gasteiger partial charge in [0.25, 0.3) is 0 Å². The normalized spacial score (nSPS) is 14.1. The van der Waals surface area contributed by atoms with Crippen molar-refractivity contribution in [2.45, 2.75) is 19.1 Å². The first kappa shape index (κ1) is 7.70. The molecule has 0 N–H and O–H groups in total. The van der Waals surface area contributed by atoms with E-state index < -0.39 is 0 Å². The van der Waals surface area contributed by atoms with E-state index in [9.17, 15) is 0 Å². The van der Waals surface area contributed by atoms with E-state index in [1.165, 1.54) is 11.5 Å². The van der Waals surface area contributed by atoms with E-state index in [0.29, 0.717) is 5.25 Å². The summed E-state index contributed by atoms with van der Waals surface area (Å²) in [6.45, 7) is 4.28. The van der Waals surface area contributed by atoms with E-state index in [4.69, 9.17) is 0 Å². The lowest BCUT2D eigenvalue weighted by Gasteiger charge is -1.98. The minimum absolute atomic E-state index is 0.560. The van der Waals surface area contributed by atoms with Crippen LogP contribution in [0.15, 0.2) is 0 Å². The molecule has 0 fully saturated rings. The van der Waals surface area contributed by atoms with E-state index >= 15 is 0 Å². The second kappa shape index (κ2) is 4.85. The monoisotopic (exact) mass is 136 g/mol. The van der Waals surface area contributed by atoms with Crippen molar-refractivity contribution < 1.29 is 0 Å². The average molecular weight is 136 g/mol. The van der Waals surface area contributed by atoms with Crippen LogP contribution in [0.4, 0.5) is 0 Å². The number of thioether (sulfide) groups is 1. The molecule has 0 aliphatic rings. The van der Waals surface area contributed by atoms with Crippen molar-refractivity contribution in [2.75, 3.05) is 11.5 Å². The van der Waals surface area contributed by atoms with Crippen molar-refractivity contribution in [3.63, 3.8) is 0 Å². The molecule has 0 aromatic carbocycles. The van der Waals surface area contributed by atoms with Crippen LogP contribution < -0.4 is 0 Å². The summed E-state index contributed by atoms with van der Waals surface area (Å²) in [6, 6.07) is 0. The van der Waals surface area contributed by atoms with E-state index in [1.807, 2.05) is 11.8 Å². The quantitative estimate of drug-likeness (QED) is 0.579. The van der Waals surface area contributed by atoms with Gasteiger partial charge in [-0.2, -0.15) is 24.4 Å². The van der Waals surface area contributed by atoms with Gasteiger partial charge in [-0.15, -0.1) is 0 Å². The number of hydrogen-bond donors (Lipinski definition) is 1. The van der Waals surface area contributed by atoms with Gasteiger partial charge in [0.15, 0.2) is 0 Å². The van der Waals surface area contributed by atoms with Crippen LogP contribution in [0, 0.1) is 0 Å². The Hall–Kier alpha value is 0.700. The SMILES string of the molecule is CCSCC(C)S. The molecule has 0 aromatic heterocycles. The number of rotatable bonds is 3. The molecule has 2 heteroatoms. The molecule has 0 heterocycles. The van der Waals surface area contributed by atoms with Gasteiger partial charge >= 0.3 is 0 Å². The molecule has 0 rings (SSSR count). The third-order valence-electron chi connectivity index (χ3n) is 0.563. The highest BCUT2D eigenvalue weighted by molar-refractivity contribution is 8.00. The molecule has 0 aromatic rings. The molecule has 0 saturated heterocycles. The van der Waals surface area contributed by atoms with E-state index in [-0.39, 0.29) is 0 Å². The highest BCUT2D eigenvalue weighted by Gasteiger charge is 1.89. The molecule has 0 saturated carbocycles. The summed E-state index contributed by atoms with van der Waals surface area (Å²) < 4.78 is 0. The molecule has 0 amide bonds. The average Bonchev–Trinajstić information content (AvgIpc) is 1.61. The minimum Gasteiger partial charge on any atom is -0.175 e. The first-order valence-electron chi connectivity index (χ1n) is 2.53. The van der Waals surface area contributed by atoms with Gasteiger partial charge in [-0.25, -0.2) is 0 Å². The smallest absolute Gasteiger partial charge is 0.00791 e. The number of thiol groups is 1. The van der Waals surface area contributed by atoms with E-state index in [0.717, 1.165) is 0 Å². The molecule has 44 valence electrons. The Kier molecular flexibility index (Phi) is 5.33. The Morgan fingerprint density at radius 3 is 2.43 bits per heavy atom. The van der Waals surface area contributed by atoms with Gasteiger partial charge in [0.2, 0.25) is 0 Å². The topological polar surface area (TPSA) is 0 Å². The van der Waals surface area contributed by atoms with Crippen LogP contribution in [0.25, 0.3) is 0 Å². The summed E-state index contributed by atoms with van der Waals surface area (Å²) in [5.74, 6) is 2.39. The van der Waals surface area contributed by atoms with Crippen LogP contribution in [-0.2, 0) is 0 Å². The highest BCUT2D eigenvalue weighted by Crippen LogP contribution is 2.04. The lowest BCUT2D eigenvalue weighted by atomic mass is 10.6. The Labute approximate surface area is 55.5 Å². The summed E-state index contributed by atoms with van der Waals surface area (Å²) in [6.07, 6.45) is 0. The molecular weight excluding hydrogens is 124 g/mol. The molecule has 0 radical (unpaired) electrons. The maximum atomic E-state index is 4.21. The van der Waals surface area contributed by atoms with Gasteiger partial charge in [-0.05, 0) is 5.75 Å². The molecule has 0 nitrogen and oxygen atoms in total. The largest absolute Gasteiger partial charge is 0.175 e. The zero-order chi connectivity index (χ0) is 5.70. The third kappa shape index (κ3) is 6.70. The van der Waals surface area contributed by atoms with Crippen molar-refractivity contribution >= 4 is 24.4 Å². The van der Waals surface area contributed by atoms with Gasteiger partial charge in [0.1, 0.15) is 0 Å². The van der Waals surface area contributed by atoms with E-state index in [1.54, 1.807) is 0 Å². The molecule has 7 heavy (non-hydrogen) atoms. The first-order chi connectivity index (χ1) is 3.27. The Morgan fingerprint density at radius 1 is 1.71 bits per heavy atom. The summed E-state index contributed by atoms with van der Waals surface area (Å²) >= 11 is 6.15. The molecule has 0 bridgehead atoms. The fourth-order valence-electron chi connectivity index (χ4n) is 0.288. The third-order valence-corrected chi connectivity index (χ3v) is 2.14. The Balaban J connectivity index is 2.68. The van der Waals surface area contributed by atoms with Crippen molar-refractivity contribution in [3.8, 4) is 0 Å². The predicted molar refractivity (Wildman–Crippen MR) is 41.4 cm³/mol. The fourth-order valence-corrected chi connectivity index (χ4v) is 1.18. The van der Waals surface area contributed by atoms with Crippen LogP contribution >= 0.6 is 24.4 Å². The summed E-state index contributed by atoms with van der Waals surface area (Å²) in [5.41, 5.74) is 0. The second-order valence-corrected chi connectivity index (χ2v) is 3.71. The van der Waals surface area contributed by atoms with Crippen LogP contribution in [0.1, 0.15) is 13.8 Å². The van der Waals surface area contributed by atoms with Gasteiger partial charge in [-0.1, -0.05) is 13.8 Å². The lowest BCUT2D eigenvalue weighted by molar-refractivity contribution is 1.14.